The van der Waals surface area contributed by atoms with Gasteiger partial charge in [-0.3, -0.25) is 4.90 Å². The van der Waals surface area contributed by atoms with E-state index in [1.54, 1.807) is 0 Å². The predicted molar refractivity (Wildman–Crippen MR) is 80.1 cm³/mol. The second-order valence-electron chi connectivity index (χ2n) is 6.79. The Kier molecular flexibility index (Phi) is 3.90. The van der Waals surface area contributed by atoms with Gasteiger partial charge >= 0.3 is 0 Å². The van der Waals surface area contributed by atoms with E-state index in [4.69, 9.17) is 0 Å². The quantitative estimate of drug-likeness (QED) is 0.893. The smallest absolute Gasteiger partial charge is 0.0233 e. The number of benzene rings is 1. The SMILES string of the molecule is CC(C)Cc1ccc(CN2C[C@H]3CNC[C@H]3C2)cc1. The normalized spacial score (nSPS) is 27.1. The molecule has 2 aliphatic rings. The largest absolute Gasteiger partial charge is 0.316 e. The first-order valence-corrected chi connectivity index (χ1v) is 7.71. The summed E-state index contributed by atoms with van der Waals surface area (Å²) < 4.78 is 0. The first-order chi connectivity index (χ1) is 9.20. The van der Waals surface area contributed by atoms with E-state index in [1.165, 1.54) is 43.7 Å². The first kappa shape index (κ1) is 13.1. The van der Waals surface area contributed by atoms with Crippen molar-refractivity contribution in [3.05, 3.63) is 35.4 Å². The van der Waals surface area contributed by atoms with Gasteiger partial charge in [0.2, 0.25) is 0 Å². The van der Waals surface area contributed by atoms with Crippen LogP contribution >= 0.6 is 0 Å². The molecule has 2 nitrogen and oxygen atoms in total. The van der Waals surface area contributed by atoms with Crippen molar-refractivity contribution in [2.45, 2.75) is 26.8 Å². The molecule has 2 heteroatoms. The maximum Gasteiger partial charge on any atom is 0.0233 e. The summed E-state index contributed by atoms with van der Waals surface area (Å²) in [6.45, 7) is 10.7. The molecule has 2 aliphatic heterocycles. The molecule has 19 heavy (non-hydrogen) atoms. The highest BCUT2D eigenvalue weighted by molar-refractivity contribution is 5.23. The lowest BCUT2D eigenvalue weighted by atomic mass is 10.0. The Morgan fingerprint density at radius 1 is 1.05 bits per heavy atom. The van der Waals surface area contributed by atoms with Gasteiger partial charge in [0.25, 0.3) is 0 Å². The van der Waals surface area contributed by atoms with E-state index in [0.717, 1.165) is 24.3 Å². The van der Waals surface area contributed by atoms with Crippen molar-refractivity contribution in [1.82, 2.24) is 10.2 Å². The third-order valence-corrected chi connectivity index (χ3v) is 4.54. The molecule has 1 N–H and O–H groups in total. The Bertz CT molecular complexity index is 398. The lowest BCUT2D eigenvalue weighted by Gasteiger charge is -2.17. The van der Waals surface area contributed by atoms with Gasteiger partial charge in [-0.05, 0) is 48.4 Å². The third-order valence-electron chi connectivity index (χ3n) is 4.54. The number of fused-ring (bicyclic) bond motifs is 1. The Morgan fingerprint density at radius 3 is 2.21 bits per heavy atom. The zero-order valence-electron chi connectivity index (χ0n) is 12.2. The van der Waals surface area contributed by atoms with Gasteiger partial charge < -0.3 is 5.32 Å². The highest BCUT2D eigenvalue weighted by Gasteiger charge is 2.35. The van der Waals surface area contributed by atoms with Crippen LogP contribution in [0.25, 0.3) is 0 Å². The van der Waals surface area contributed by atoms with Crippen molar-refractivity contribution in [3.8, 4) is 0 Å². The summed E-state index contributed by atoms with van der Waals surface area (Å²) in [6.07, 6.45) is 1.19. The van der Waals surface area contributed by atoms with Crippen LogP contribution in [0.2, 0.25) is 0 Å². The molecule has 3 rings (SSSR count). The van der Waals surface area contributed by atoms with Crippen LogP contribution in [-0.2, 0) is 13.0 Å². The number of rotatable bonds is 4. The van der Waals surface area contributed by atoms with Gasteiger partial charge in [-0.2, -0.15) is 0 Å². The number of hydrogen-bond donors (Lipinski definition) is 1. The molecule has 0 radical (unpaired) electrons. The van der Waals surface area contributed by atoms with Crippen molar-refractivity contribution in [1.29, 1.82) is 0 Å². The fourth-order valence-electron chi connectivity index (χ4n) is 3.59. The maximum atomic E-state index is 3.51. The molecule has 0 spiro atoms. The fourth-order valence-corrected chi connectivity index (χ4v) is 3.59. The Balaban J connectivity index is 1.55. The molecular weight excluding hydrogens is 232 g/mol. The maximum absolute atomic E-state index is 3.51. The van der Waals surface area contributed by atoms with Gasteiger partial charge in [-0.1, -0.05) is 38.1 Å². The zero-order chi connectivity index (χ0) is 13.2. The predicted octanol–water partition coefficient (Wildman–Crippen LogP) is 2.54. The fraction of sp³-hybridized carbons (Fsp3) is 0.647. The summed E-state index contributed by atoms with van der Waals surface area (Å²) in [5.74, 6) is 2.55. The van der Waals surface area contributed by atoms with E-state index in [9.17, 15) is 0 Å². The molecule has 0 saturated carbocycles. The molecule has 1 aromatic rings. The molecule has 0 aliphatic carbocycles. The highest BCUT2D eigenvalue weighted by atomic mass is 15.2. The van der Waals surface area contributed by atoms with E-state index >= 15 is 0 Å². The topological polar surface area (TPSA) is 15.3 Å². The molecule has 0 amide bonds. The van der Waals surface area contributed by atoms with Crippen molar-refractivity contribution in [2.24, 2.45) is 17.8 Å². The van der Waals surface area contributed by atoms with Crippen LogP contribution in [0, 0.1) is 17.8 Å². The van der Waals surface area contributed by atoms with Gasteiger partial charge in [0.15, 0.2) is 0 Å². The summed E-state index contributed by atoms with van der Waals surface area (Å²) in [4.78, 5) is 2.63. The van der Waals surface area contributed by atoms with Crippen LogP contribution in [0.5, 0.6) is 0 Å². The monoisotopic (exact) mass is 258 g/mol. The van der Waals surface area contributed by atoms with Crippen LogP contribution < -0.4 is 5.32 Å². The minimum absolute atomic E-state index is 0.747. The second kappa shape index (κ2) is 5.64. The molecule has 0 unspecified atom stereocenters. The van der Waals surface area contributed by atoms with Gasteiger partial charge in [0, 0.05) is 19.6 Å². The molecule has 2 heterocycles. The van der Waals surface area contributed by atoms with Crippen molar-refractivity contribution < 1.29 is 0 Å². The summed E-state index contributed by atoms with van der Waals surface area (Å²) in [5, 5.41) is 3.51. The minimum atomic E-state index is 0.747. The van der Waals surface area contributed by atoms with E-state index in [0.29, 0.717) is 0 Å². The standard InChI is InChI=1S/C17H26N2/c1-13(2)7-14-3-5-15(6-4-14)10-19-11-16-8-18-9-17(16)12-19/h3-6,13,16-18H,7-12H2,1-2H3/t16-,17+. The molecule has 0 aromatic heterocycles. The average Bonchev–Trinajstić information content (AvgIpc) is 2.91. The van der Waals surface area contributed by atoms with Crippen molar-refractivity contribution >= 4 is 0 Å². The summed E-state index contributed by atoms with van der Waals surface area (Å²) in [6, 6.07) is 9.27. The van der Waals surface area contributed by atoms with Crippen LogP contribution in [0.15, 0.2) is 24.3 Å². The van der Waals surface area contributed by atoms with Crippen LogP contribution in [-0.4, -0.2) is 31.1 Å². The third kappa shape index (κ3) is 3.18. The van der Waals surface area contributed by atoms with E-state index in [1.807, 2.05) is 0 Å². The van der Waals surface area contributed by atoms with Gasteiger partial charge in [-0.15, -0.1) is 0 Å². The molecule has 1 aromatic carbocycles. The number of hydrogen-bond acceptors (Lipinski definition) is 2. The Morgan fingerprint density at radius 2 is 1.63 bits per heavy atom. The lowest BCUT2D eigenvalue weighted by Crippen LogP contribution is -2.25. The summed E-state index contributed by atoms with van der Waals surface area (Å²) in [7, 11) is 0. The minimum Gasteiger partial charge on any atom is -0.316 e. The van der Waals surface area contributed by atoms with Gasteiger partial charge in [-0.25, -0.2) is 0 Å². The zero-order valence-corrected chi connectivity index (χ0v) is 12.2. The number of likely N-dealkylation sites (tertiary alicyclic amines) is 1. The van der Waals surface area contributed by atoms with E-state index in [2.05, 4.69) is 48.3 Å². The van der Waals surface area contributed by atoms with Gasteiger partial charge in [0.05, 0.1) is 0 Å². The molecule has 104 valence electrons. The van der Waals surface area contributed by atoms with Crippen molar-refractivity contribution in [2.75, 3.05) is 26.2 Å². The summed E-state index contributed by atoms with van der Waals surface area (Å²) in [5.41, 5.74) is 2.95. The molecule has 2 fully saturated rings. The molecule has 2 saturated heterocycles. The Labute approximate surface area is 117 Å². The van der Waals surface area contributed by atoms with Crippen LogP contribution in [0.1, 0.15) is 25.0 Å². The average molecular weight is 258 g/mol. The van der Waals surface area contributed by atoms with E-state index in [-0.39, 0.29) is 0 Å². The summed E-state index contributed by atoms with van der Waals surface area (Å²) >= 11 is 0. The van der Waals surface area contributed by atoms with Crippen LogP contribution in [0.4, 0.5) is 0 Å². The highest BCUT2D eigenvalue weighted by Crippen LogP contribution is 2.27. The van der Waals surface area contributed by atoms with E-state index < -0.39 is 0 Å². The first-order valence-electron chi connectivity index (χ1n) is 7.71. The number of nitrogens with one attached hydrogen (secondary N) is 1. The second-order valence-corrected chi connectivity index (χ2v) is 6.79. The number of nitrogens with zero attached hydrogens (tertiary/aromatic N) is 1. The lowest BCUT2D eigenvalue weighted by molar-refractivity contribution is 0.305. The van der Waals surface area contributed by atoms with Crippen molar-refractivity contribution in [3.63, 3.8) is 0 Å². The molecule has 0 bridgehead atoms. The molecular formula is C17H26N2. The van der Waals surface area contributed by atoms with Crippen LogP contribution in [0.3, 0.4) is 0 Å². The van der Waals surface area contributed by atoms with Gasteiger partial charge in [0.1, 0.15) is 0 Å². The molecule has 2 atom stereocenters. The Hall–Kier alpha value is -0.860.